The first kappa shape index (κ1) is 11.8. The van der Waals surface area contributed by atoms with E-state index in [1.165, 1.54) is 24.2 Å². The molecule has 0 radical (unpaired) electrons. The van der Waals surface area contributed by atoms with Crippen LogP contribution in [0.15, 0.2) is 4.79 Å². The number of thiazole rings is 1. The molecule has 90 valence electrons. The van der Waals surface area contributed by atoms with E-state index in [2.05, 4.69) is 5.32 Å². The van der Waals surface area contributed by atoms with Gasteiger partial charge >= 0.3 is 4.87 Å². The molecule has 1 heterocycles. The smallest absolute Gasteiger partial charge is 0.307 e. The molecule has 2 rings (SSSR count). The van der Waals surface area contributed by atoms with E-state index in [1.54, 1.807) is 4.57 Å². The summed E-state index contributed by atoms with van der Waals surface area (Å²) in [5, 5.41) is 13.1. The molecular formula is C11H18N2O2S. The molecule has 0 bridgehead atoms. The molecule has 0 spiro atoms. The highest BCUT2D eigenvalue weighted by atomic mass is 32.1. The summed E-state index contributed by atoms with van der Waals surface area (Å²) in [4.78, 5) is 12.7. The number of nitrogens with zero attached hydrogens (tertiary/aromatic N) is 1. The summed E-state index contributed by atoms with van der Waals surface area (Å²) in [5.41, 5.74) is 0.973. The molecule has 1 fully saturated rings. The molecule has 5 heteroatoms. The Bertz CT molecular complexity index is 420. The van der Waals surface area contributed by atoms with Crippen LogP contribution in [0, 0.1) is 13.8 Å². The summed E-state index contributed by atoms with van der Waals surface area (Å²) in [6.07, 6.45) is 1.94. The van der Waals surface area contributed by atoms with Gasteiger partial charge < -0.3 is 15.0 Å². The lowest BCUT2D eigenvalue weighted by Crippen LogP contribution is -2.33. The van der Waals surface area contributed by atoms with Crippen molar-refractivity contribution in [2.24, 2.45) is 0 Å². The van der Waals surface area contributed by atoms with Crippen molar-refractivity contribution in [1.82, 2.24) is 9.88 Å². The fraction of sp³-hybridized carbons (Fsp3) is 0.727. The Balaban J connectivity index is 1.93. The first-order valence-electron chi connectivity index (χ1n) is 5.66. The van der Waals surface area contributed by atoms with Crippen molar-refractivity contribution < 1.29 is 5.11 Å². The number of aliphatic hydroxyl groups is 1. The Morgan fingerprint density at radius 1 is 1.56 bits per heavy atom. The molecule has 1 aliphatic rings. The van der Waals surface area contributed by atoms with Gasteiger partial charge in [0.1, 0.15) is 0 Å². The minimum absolute atomic E-state index is 0.0282. The van der Waals surface area contributed by atoms with Crippen LogP contribution in [0.3, 0.4) is 0 Å². The molecule has 16 heavy (non-hydrogen) atoms. The maximum absolute atomic E-state index is 11.6. The molecule has 1 atom stereocenters. The zero-order valence-electron chi connectivity index (χ0n) is 9.69. The van der Waals surface area contributed by atoms with Crippen molar-refractivity contribution in [2.75, 3.05) is 6.54 Å². The van der Waals surface area contributed by atoms with Crippen LogP contribution in [-0.4, -0.2) is 28.4 Å². The molecule has 1 aromatic heterocycles. The fourth-order valence-corrected chi connectivity index (χ4v) is 2.51. The number of aryl methyl sites for hydroxylation is 1. The van der Waals surface area contributed by atoms with E-state index in [0.29, 0.717) is 19.1 Å². The van der Waals surface area contributed by atoms with Crippen molar-refractivity contribution in [3.8, 4) is 0 Å². The number of hydrogen-bond acceptors (Lipinski definition) is 4. The van der Waals surface area contributed by atoms with Gasteiger partial charge in [-0.05, 0) is 26.7 Å². The lowest BCUT2D eigenvalue weighted by atomic mass is 10.3. The Hall–Kier alpha value is -0.650. The molecule has 0 saturated heterocycles. The largest absolute Gasteiger partial charge is 0.390 e. The summed E-state index contributed by atoms with van der Waals surface area (Å²) in [6.45, 7) is 4.83. The van der Waals surface area contributed by atoms with Gasteiger partial charge in [0.25, 0.3) is 0 Å². The first-order valence-corrected chi connectivity index (χ1v) is 6.48. The number of nitrogens with one attached hydrogen (secondary N) is 1. The number of hydrogen-bond donors (Lipinski definition) is 2. The highest BCUT2D eigenvalue weighted by molar-refractivity contribution is 7.09. The van der Waals surface area contributed by atoms with E-state index in [4.69, 9.17) is 0 Å². The molecule has 1 aromatic rings. The van der Waals surface area contributed by atoms with Gasteiger partial charge in [0.2, 0.25) is 0 Å². The standard InChI is InChI=1S/C11H18N2O2S/c1-7-8(2)16-11(15)13(7)6-10(14)5-12-9-3-4-9/h9-10,12,14H,3-6H2,1-2H3. The van der Waals surface area contributed by atoms with E-state index in [0.717, 1.165) is 10.6 Å². The van der Waals surface area contributed by atoms with Gasteiger partial charge in [0.05, 0.1) is 12.6 Å². The second-order valence-electron chi connectivity index (χ2n) is 4.46. The molecule has 0 amide bonds. The van der Waals surface area contributed by atoms with Crippen molar-refractivity contribution in [3.63, 3.8) is 0 Å². The van der Waals surface area contributed by atoms with Gasteiger partial charge in [-0.3, -0.25) is 4.79 Å². The molecule has 1 aliphatic carbocycles. The lowest BCUT2D eigenvalue weighted by Gasteiger charge is -2.13. The van der Waals surface area contributed by atoms with Crippen molar-refractivity contribution in [2.45, 2.75) is 45.4 Å². The van der Waals surface area contributed by atoms with Crippen molar-refractivity contribution >= 4 is 11.3 Å². The van der Waals surface area contributed by atoms with E-state index in [1.807, 2.05) is 13.8 Å². The number of rotatable bonds is 5. The van der Waals surface area contributed by atoms with Crippen LogP contribution >= 0.6 is 11.3 Å². The average molecular weight is 242 g/mol. The third-order valence-corrected chi connectivity index (χ3v) is 3.98. The lowest BCUT2D eigenvalue weighted by molar-refractivity contribution is 0.149. The maximum Gasteiger partial charge on any atom is 0.307 e. The molecule has 1 saturated carbocycles. The maximum atomic E-state index is 11.6. The molecular weight excluding hydrogens is 224 g/mol. The number of aliphatic hydroxyl groups excluding tert-OH is 1. The minimum atomic E-state index is -0.481. The zero-order valence-corrected chi connectivity index (χ0v) is 10.5. The summed E-state index contributed by atoms with van der Waals surface area (Å²) in [7, 11) is 0. The quantitative estimate of drug-likeness (QED) is 0.796. The fourth-order valence-electron chi connectivity index (χ4n) is 1.66. The van der Waals surface area contributed by atoms with E-state index in [-0.39, 0.29) is 4.87 Å². The van der Waals surface area contributed by atoms with Crippen LogP contribution in [0.5, 0.6) is 0 Å². The summed E-state index contributed by atoms with van der Waals surface area (Å²) in [6, 6.07) is 0.594. The van der Waals surface area contributed by atoms with Crippen molar-refractivity contribution in [3.05, 3.63) is 20.2 Å². The third-order valence-electron chi connectivity index (χ3n) is 2.99. The Morgan fingerprint density at radius 2 is 2.25 bits per heavy atom. The van der Waals surface area contributed by atoms with E-state index < -0.39 is 6.10 Å². The van der Waals surface area contributed by atoms with Crippen LogP contribution in [0.25, 0.3) is 0 Å². The highest BCUT2D eigenvalue weighted by Gasteiger charge is 2.21. The molecule has 1 unspecified atom stereocenters. The topological polar surface area (TPSA) is 54.3 Å². The summed E-state index contributed by atoms with van der Waals surface area (Å²) >= 11 is 1.25. The second-order valence-corrected chi connectivity index (χ2v) is 5.62. The Labute approximate surface area is 98.9 Å². The van der Waals surface area contributed by atoms with Crippen LogP contribution in [0.1, 0.15) is 23.4 Å². The van der Waals surface area contributed by atoms with Gasteiger partial charge in [-0.25, -0.2) is 0 Å². The SMILES string of the molecule is Cc1sc(=O)n(CC(O)CNC2CC2)c1C. The average Bonchev–Trinajstić information content (AvgIpc) is 3.01. The second kappa shape index (κ2) is 4.69. The van der Waals surface area contributed by atoms with Crippen LogP contribution in [0.2, 0.25) is 0 Å². The molecule has 4 nitrogen and oxygen atoms in total. The normalized spacial score (nSPS) is 17.7. The van der Waals surface area contributed by atoms with Crippen LogP contribution < -0.4 is 10.2 Å². The van der Waals surface area contributed by atoms with Gasteiger partial charge in [0.15, 0.2) is 0 Å². The van der Waals surface area contributed by atoms with Crippen molar-refractivity contribution in [1.29, 1.82) is 0 Å². The zero-order chi connectivity index (χ0) is 11.7. The van der Waals surface area contributed by atoms with E-state index in [9.17, 15) is 9.90 Å². The van der Waals surface area contributed by atoms with Gasteiger partial charge in [0, 0.05) is 23.2 Å². The summed E-state index contributed by atoms with van der Waals surface area (Å²) in [5.74, 6) is 0. The van der Waals surface area contributed by atoms with Crippen LogP contribution in [0.4, 0.5) is 0 Å². The minimum Gasteiger partial charge on any atom is -0.390 e. The molecule has 2 N–H and O–H groups in total. The number of aromatic nitrogens is 1. The van der Waals surface area contributed by atoms with E-state index >= 15 is 0 Å². The van der Waals surface area contributed by atoms with Gasteiger partial charge in [-0.1, -0.05) is 11.3 Å². The monoisotopic (exact) mass is 242 g/mol. The van der Waals surface area contributed by atoms with Crippen LogP contribution in [-0.2, 0) is 6.54 Å². The highest BCUT2D eigenvalue weighted by Crippen LogP contribution is 2.18. The predicted octanol–water partition coefficient (Wildman–Crippen LogP) is 0.640. The predicted molar refractivity (Wildman–Crippen MR) is 65.1 cm³/mol. The molecule has 0 aromatic carbocycles. The summed E-state index contributed by atoms with van der Waals surface area (Å²) < 4.78 is 1.67. The molecule has 0 aliphatic heterocycles. The Kier molecular flexibility index (Phi) is 3.47. The Morgan fingerprint density at radius 3 is 2.75 bits per heavy atom. The third kappa shape index (κ3) is 2.72. The van der Waals surface area contributed by atoms with Gasteiger partial charge in [-0.15, -0.1) is 0 Å². The van der Waals surface area contributed by atoms with Gasteiger partial charge in [-0.2, -0.15) is 0 Å². The first-order chi connectivity index (χ1) is 7.58.